The summed E-state index contributed by atoms with van der Waals surface area (Å²) in [6.07, 6.45) is 3.23. The summed E-state index contributed by atoms with van der Waals surface area (Å²) in [5.74, 6) is -0.586. The largest absolute Gasteiger partial charge is 0.466 e. The lowest BCUT2D eigenvalue weighted by atomic mass is 9.73. The number of benzene rings is 2. The highest BCUT2D eigenvalue weighted by Crippen LogP contribution is 2.41. The molecule has 0 heterocycles. The van der Waals surface area contributed by atoms with E-state index in [1.807, 2.05) is 19.1 Å². The molecule has 31 heavy (non-hydrogen) atoms. The lowest BCUT2D eigenvalue weighted by Crippen LogP contribution is -2.22. The lowest BCUT2D eigenvalue weighted by Gasteiger charge is -2.32. The Bertz CT molecular complexity index is 1020. The fourth-order valence-electron chi connectivity index (χ4n) is 3.58. The molecule has 6 heteroatoms. The Kier molecular flexibility index (Phi) is 7.00. The number of carbonyl (C=O) groups is 2. The Morgan fingerprint density at radius 2 is 1.58 bits per heavy atom. The van der Waals surface area contributed by atoms with Crippen molar-refractivity contribution >= 4 is 28.9 Å². The average Bonchev–Trinajstić information content (AvgIpc) is 2.75. The van der Waals surface area contributed by atoms with E-state index in [2.05, 4.69) is 36.2 Å². The van der Waals surface area contributed by atoms with E-state index in [0.29, 0.717) is 30.2 Å². The summed E-state index contributed by atoms with van der Waals surface area (Å²) < 4.78 is 10.1. The highest BCUT2D eigenvalue weighted by Gasteiger charge is 2.29. The Morgan fingerprint density at radius 3 is 2.26 bits per heavy atom. The normalized spacial score (nSPS) is 14.6. The average molecular weight is 421 g/mol. The van der Waals surface area contributed by atoms with E-state index in [1.54, 1.807) is 31.2 Å². The van der Waals surface area contributed by atoms with E-state index in [4.69, 9.17) is 9.47 Å². The molecule has 0 aromatic heterocycles. The van der Waals surface area contributed by atoms with Crippen LogP contribution in [0.1, 0.15) is 62.0 Å². The maximum absolute atomic E-state index is 12.1. The summed E-state index contributed by atoms with van der Waals surface area (Å²) in [7, 11) is 0. The molecule has 6 nitrogen and oxygen atoms in total. The van der Waals surface area contributed by atoms with Crippen LogP contribution in [0.25, 0.3) is 5.57 Å². The molecule has 0 saturated carbocycles. The highest BCUT2D eigenvalue weighted by molar-refractivity contribution is 5.89. The van der Waals surface area contributed by atoms with Gasteiger partial charge in [-0.25, -0.2) is 4.79 Å². The molecular formula is C25H28N2O4. The van der Waals surface area contributed by atoms with E-state index in [9.17, 15) is 9.59 Å². The van der Waals surface area contributed by atoms with Gasteiger partial charge < -0.3 is 9.47 Å². The molecule has 0 atom stereocenters. The molecule has 0 radical (unpaired) electrons. The second-order valence-electron chi connectivity index (χ2n) is 8.00. The first kappa shape index (κ1) is 22.4. The molecule has 2 aromatic carbocycles. The minimum absolute atomic E-state index is 0.0217. The quantitative estimate of drug-likeness (QED) is 0.389. The third-order valence-corrected chi connectivity index (χ3v) is 5.24. The van der Waals surface area contributed by atoms with Crippen molar-refractivity contribution in [1.29, 1.82) is 0 Å². The minimum atomic E-state index is -0.357. The monoisotopic (exact) mass is 420 g/mol. The van der Waals surface area contributed by atoms with Crippen molar-refractivity contribution in [2.45, 2.75) is 46.0 Å². The van der Waals surface area contributed by atoms with Crippen LogP contribution in [0.15, 0.2) is 58.8 Å². The van der Waals surface area contributed by atoms with Gasteiger partial charge in [0.2, 0.25) is 0 Å². The number of ether oxygens (including phenoxy) is 2. The molecule has 0 N–H and O–H groups in total. The number of hydrogen-bond donors (Lipinski definition) is 0. The molecule has 0 saturated heterocycles. The Morgan fingerprint density at radius 1 is 0.935 bits per heavy atom. The van der Waals surface area contributed by atoms with Gasteiger partial charge in [0.15, 0.2) is 0 Å². The zero-order valence-electron chi connectivity index (χ0n) is 18.5. The van der Waals surface area contributed by atoms with E-state index in [0.717, 1.165) is 17.6 Å². The van der Waals surface area contributed by atoms with Gasteiger partial charge in [-0.3, -0.25) is 4.79 Å². The van der Waals surface area contributed by atoms with Gasteiger partial charge in [0, 0.05) is 0 Å². The van der Waals surface area contributed by atoms with E-state index < -0.39 is 0 Å². The molecule has 0 aliphatic heterocycles. The minimum Gasteiger partial charge on any atom is -0.466 e. The van der Waals surface area contributed by atoms with Crippen molar-refractivity contribution in [3.05, 3.63) is 65.2 Å². The van der Waals surface area contributed by atoms with Crippen LogP contribution in [0.5, 0.6) is 0 Å². The van der Waals surface area contributed by atoms with Gasteiger partial charge in [-0.15, -0.1) is 0 Å². The maximum Gasteiger partial charge on any atom is 0.338 e. The number of esters is 2. The smallest absolute Gasteiger partial charge is 0.338 e. The van der Waals surface area contributed by atoms with Gasteiger partial charge in [-0.2, -0.15) is 10.2 Å². The number of azo groups is 1. The van der Waals surface area contributed by atoms with Gasteiger partial charge >= 0.3 is 11.9 Å². The molecular weight excluding hydrogens is 392 g/mol. The molecule has 1 aliphatic carbocycles. The summed E-state index contributed by atoms with van der Waals surface area (Å²) in [4.78, 5) is 23.8. The Labute approximate surface area is 183 Å². The second kappa shape index (κ2) is 9.69. The Hall–Kier alpha value is -3.28. The van der Waals surface area contributed by atoms with Crippen molar-refractivity contribution in [3.63, 3.8) is 0 Å². The van der Waals surface area contributed by atoms with Crippen LogP contribution >= 0.6 is 0 Å². The second-order valence-corrected chi connectivity index (χ2v) is 8.00. The topological polar surface area (TPSA) is 77.3 Å². The number of carbonyl (C=O) groups excluding carboxylic acids is 2. The number of rotatable bonds is 7. The van der Waals surface area contributed by atoms with Crippen molar-refractivity contribution in [2.24, 2.45) is 10.2 Å². The van der Waals surface area contributed by atoms with Gasteiger partial charge in [0.1, 0.15) is 0 Å². The first-order valence-electron chi connectivity index (χ1n) is 10.5. The van der Waals surface area contributed by atoms with Crippen LogP contribution in [0.4, 0.5) is 11.4 Å². The third-order valence-electron chi connectivity index (χ3n) is 5.24. The van der Waals surface area contributed by atoms with Gasteiger partial charge in [-0.05, 0) is 78.8 Å². The van der Waals surface area contributed by atoms with Crippen LogP contribution in [-0.2, 0) is 19.7 Å². The SMILES string of the molecule is CCOC(=O)CC1=CCC(C)(C)c2ccc(N=Nc3ccc(C(=O)OCC)cc3)cc21. The van der Waals surface area contributed by atoms with Crippen molar-refractivity contribution in [2.75, 3.05) is 13.2 Å². The van der Waals surface area contributed by atoms with E-state index in [1.165, 1.54) is 5.56 Å². The zero-order valence-corrected chi connectivity index (χ0v) is 18.5. The first-order valence-corrected chi connectivity index (χ1v) is 10.5. The van der Waals surface area contributed by atoms with E-state index in [-0.39, 0.29) is 23.8 Å². The van der Waals surface area contributed by atoms with Crippen LogP contribution in [0, 0.1) is 0 Å². The molecule has 2 aromatic rings. The number of fused-ring (bicyclic) bond motifs is 1. The third kappa shape index (κ3) is 5.45. The van der Waals surface area contributed by atoms with Gasteiger partial charge in [-0.1, -0.05) is 26.0 Å². The highest BCUT2D eigenvalue weighted by atomic mass is 16.5. The van der Waals surface area contributed by atoms with Crippen LogP contribution < -0.4 is 0 Å². The summed E-state index contributed by atoms with van der Waals surface area (Å²) in [6, 6.07) is 12.8. The summed E-state index contributed by atoms with van der Waals surface area (Å²) >= 11 is 0. The van der Waals surface area contributed by atoms with E-state index >= 15 is 0 Å². The fraction of sp³-hybridized carbons (Fsp3) is 0.360. The van der Waals surface area contributed by atoms with Crippen molar-refractivity contribution in [1.82, 2.24) is 0 Å². The molecule has 162 valence electrons. The molecule has 0 bridgehead atoms. The van der Waals surface area contributed by atoms with Crippen LogP contribution in [0.2, 0.25) is 0 Å². The zero-order chi connectivity index (χ0) is 22.4. The predicted octanol–water partition coefficient (Wildman–Crippen LogP) is 6.30. The fourth-order valence-corrected chi connectivity index (χ4v) is 3.58. The number of hydrogen-bond acceptors (Lipinski definition) is 6. The molecule has 0 amide bonds. The molecule has 1 aliphatic rings. The lowest BCUT2D eigenvalue weighted by molar-refractivity contribution is -0.141. The van der Waals surface area contributed by atoms with Gasteiger partial charge in [0.25, 0.3) is 0 Å². The number of nitrogens with zero attached hydrogens (tertiary/aromatic N) is 2. The maximum atomic E-state index is 12.1. The molecule has 3 rings (SSSR count). The molecule has 0 fully saturated rings. The summed E-state index contributed by atoms with van der Waals surface area (Å²) in [5, 5.41) is 8.64. The number of allylic oxidation sites excluding steroid dienone is 1. The summed E-state index contributed by atoms with van der Waals surface area (Å²) in [6.45, 7) is 8.66. The first-order chi connectivity index (χ1) is 14.8. The van der Waals surface area contributed by atoms with Crippen molar-refractivity contribution in [3.8, 4) is 0 Å². The standard InChI is InChI=1S/C25H28N2O4/c1-5-30-23(28)15-18-13-14-25(3,4)22-12-11-20(16-21(18)22)27-26-19-9-7-17(8-10-19)24(29)31-6-2/h7-13,16H,5-6,14-15H2,1-4H3. The van der Waals surface area contributed by atoms with Crippen LogP contribution in [-0.4, -0.2) is 25.2 Å². The summed E-state index contributed by atoms with van der Waals surface area (Å²) in [5.41, 5.74) is 4.94. The predicted molar refractivity (Wildman–Crippen MR) is 120 cm³/mol. The Balaban J connectivity index is 1.83. The van der Waals surface area contributed by atoms with Crippen LogP contribution in [0.3, 0.4) is 0 Å². The molecule has 0 spiro atoms. The van der Waals surface area contributed by atoms with Crippen molar-refractivity contribution < 1.29 is 19.1 Å². The van der Waals surface area contributed by atoms with Gasteiger partial charge in [0.05, 0.1) is 36.6 Å². The molecule has 0 unspecified atom stereocenters.